The average Bonchev–Trinajstić information content (AvgIpc) is 2.99. The van der Waals surface area contributed by atoms with Crippen molar-refractivity contribution in [1.82, 2.24) is 4.31 Å². The van der Waals surface area contributed by atoms with Crippen LogP contribution < -0.4 is 4.90 Å². The lowest BCUT2D eigenvalue weighted by Gasteiger charge is -2.43. The van der Waals surface area contributed by atoms with E-state index in [9.17, 15) is 23.4 Å². The Balaban J connectivity index is 1.77. The molecule has 6 nitrogen and oxygen atoms in total. The zero-order chi connectivity index (χ0) is 28.2. The molecular formula is C30H36ClFN2O4S. The molecule has 0 radical (unpaired) electrons. The molecule has 3 aromatic carbocycles. The van der Waals surface area contributed by atoms with Crippen LogP contribution in [0, 0.1) is 5.82 Å². The Labute approximate surface area is 236 Å². The number of carboxylic acid groups (broad SMARTS) is 1. The van der Waals surface area contributed by atoms with Crippen LogP contribution in [0.2, 0.25) is 5.02 Å². The molecule has 1 aliphatic heterocycles. The van der Waals surface area contributed by atoms with Gasteiger partial charge in [-0.2, -0.15) is 0 Å². The Hall–Kier alpha value is -2.62. The van der Waals surface area contributed by atoms with Crippen LogP contribution in [0.15, 0.2) is 65.6 Å². The molecule has 0 saturated heterocycles. The summed E-state index contributed by atoms with van der Waals surface area (Å²) in [5, 5.41) is 9.71. The lowest BCUT2D eigenvalue weighted by Crippen LogP contribution is -2.39. The Morgan fingerprint density at radius 2 is 1.72 bits per heavy atom. The number of unbranched alkanes of at least 4 members (excludes halogenated alkanes) is 5. The van der Waals surface area contributed by atoms with Crippen molar-refractivity contribution in [3.8, 4) is 11.1 Å². The first-order valence-electron chi connectivity index (χ1n) is 13.4. The van der Waals surface area contributed by atoms with Gasteiger partial charge in [0.1, 0.15) is 5.82 Å². The van der Waals surface area contributed by atoms with E-state index in [2.05, 4.69) is 11.8 Å². The molecule has 0 amide bonds. The third kappa shape index (κ3) is 6.42. The zero-order valence-corrected chi connectivity index (χ0v) is 23.9. The highest BCUT2D eigenvalue weighted by molar-refractivity contribution is 8.22. The quantitative estimate of drug-likeness (QED) is 0.209. The van der Waals surface area contributed by atoms with Gasteiger partial charge in [0.05, 0.1) is 21.2 Å². The Morgan fingerprint density at radius 3 is 2.41 bits per heavy atom. The van der Waals surface area contributed by atoms with Crippen LogP contribution in [-0.4, -0.2) is 44.1 Å². The Bertz CT molecular complexity index is 1310. The van der Waals surface area contributed by atoms with Crippen molar-refractivity contribution in [2.45, 2.75) is 62.8 Å². The first-order chi connectivity index (χ1) is 18.6. The minimum absolute atomic E-state index is 0.138. The normalized spacial score (nSPS) is 17.9. The SMILES string of the molecule is CCCCCCCCC1CN(c2ccccc2)c2cc(Cl)c(-c3ccc(F)c(C(=O)O)c3)cc2S(O)(O)N1C. The van der Waals surface area contributed by atoms with Gasteiger partial charge in [-0.15, -0.1) is 10.8 Å². The molecule has 0 saturated carbocycles. The lowest BCUT2D eigenvalue weighted by molar-refractivity contribution is 0.0692. The van der Waals surface area contributed by atoms with E-state index < -0.39 is 28.1 Å². The smallest absolute Gasteiger partial charge is 0.338 e. The van der Waals surface area contributed by atoms with Crippen LogP contribution in [0.3, 0.4) is 0 Å². The van der Waals surface area contributed by atoms with Crippen LogP contribution in [0.1, 0.15) is 62.2 Å². The summed E-state index contributed by atoms with van der Waals surface area (Å²) in [5.41, 5.74) is 1.77. The van der Waals surface area contributed by atoms with Crippen LogP contribution in [-0.2, 0) is 0 Å². The van der Waals surface area contributed by atoms with Crippen molar-refractivity contribution in [2.75, 3.05) is 18.5 Å². The highest BCUT2D eigenvalue weighted by Gasteiger charge is 2.37. The molecule has 1 heterocycles. The maximum absolute atomic E-state index is 14.1. The first-order valence-corrected chi connectivity index (χ1v) is 15.2. The Kier molecular flexibility index (Phi) is 9.56. The minimum Gasteiger partial charge on any atom is -0.478 e. The van der Waals surface area contributed by atoms with Gasteiger partial charge in [-0.1, -0.05) is 81.3 Å². The second-order valence-electron chi connectivity index (χ2n) is 10.0. The number of hydrogen-bond acceptors (Lipinski definition) is 5. The summed E-state index contributed by atoms with van der Waals surface area (Å²) in [7, 11) is -1.70. The molecule has 0 spiro atoms. The van der Waals surface area contributed by atoms with Crippen molar-refractivity contribution in [2.24, 2.45) is 0 Å². The number of carboxylic acids is 1. The van der Waals surface area contributed by atoms with Gasteiger partial charge < -0.3 is 10.0 Å². The lowest BCUT2D eigenvalue weighted by atomic mass is 10.0. The molecule has 210 valence electrons. The van der Waals surface area contributed by atoms with Crippen molar-refractivity contribution >= 4 is 39.7 Å². The van der Waals surface area contributed by atoms with Crippen LogP contribution in [0.25, 0.3) is 11.1 Å². The van der Waals surface area contributed by atoms with E-state index in [4.69, 9.17) is 11.6 Å². The fourth-order valence-electron chi connectivity index (χ4n) is 5.12. The third-order valence-corrected chi connectivity index (χ3v) is 9.74. The number of carbonyl (C=O) groups is 1. The summed E-state index contributed by atoms with van der Waals surface area (Å²) in [5.74, 6) is -2.24. The van der Waals surface area contributed by atoms with Crippen LogP contribution in [0.5, 0.6) is 0 Å². The molecule has 0 aromatic heterocycles. The molecule has 3 N–H and O–H groups in total. The van der Waals surface area contributed by atoms with Crippen LogP contribution >= 0.6 is 22.4 Å². The van der Waals surface area contributed by atoms with Gasteiger partial charge in [0, 0.05) is 30.9 Å². The van der Waals surface area contributed by atoms with E-state index in [1.807, 2.05) is 30.3 Å². The van der Waals surface area contributed by atoms with Crippen molar-refractivity contribution in [3.05, 3.63) is 77.1 Å². The zero-order valence-electron chi connectivity index (χ0n) is 22.3. The van der Waals surface area contributed by atoms with Gasteiger partial charge in [0.15, 0.2) is 0 Å². The summed E-state index contributed by atoms with van der Waals surface area (Å²) >= 11 is 6.75. The molecule has 0 aliphatic carbocycles. The topological polar surface area (TPSA) is 84.2 Å². The predicted molar refractivity (Wildman–Crippen MR) is 158 cm³/mol. The molecule has 0 fully saturated rings. The second kappa shape index (κ2) is 12.7. The van der Waals surface area contributed by atoms with Gasteiger partial charge >= 0.3 is 5.97 Å². The molecule has 0 bridgehead atoms. The van der Waals surface area contributed by atoms with Crippen molar-refractivity contribution in [3.63, 3.8) is 0 Å². The molecule has 3 aromatic rings. The van der Waals surface area contributed by atoms with E-state index in [0.29, 0.717) is 33.3 Å². The standard InChI is InChI=1S/C30H36ClFN2O4S/c1-3-4-5-6-7-9-14-23-20-34(22-12-10-8-11-13-22)28-19-26(31)24(18-29(28)39(37,38)33(23)2)21-15-16-27(32)25(17-21)30(35)36/h8,10-13,15-19,23,37-38H,3-7,9,14,20H2,1-2H3,(H,35,36). The van der Waals surface area contributed by atoms with Gasteiger partial charge in [-0.3, -0.25) is 9.11 Å². The monoisotopic (exact) mass is 574 g/mol. The summed E-state index contributed by atoms with van der Waals surface area (Å²) in [6.45, 7) is 2.73. The predicted octanol–water partition coefficient (Wildman–Crippen LogP) is 9.07. The number of hydrogen-bond donors (Lipinski definition) is 3. The number of para-hydroxylation sites is 1. The fraction of sp³-hybridized carbons (Fsp3) is 0.367. The number of nitrogens with zero attached hydrogens (tertiary/aromatic N) is 2. The third-order valence-electron chi connectivity index (χ3n) is 7.41. The van der Waals surface area contributed by atoms with E-state index in [1.165, 1.54) is 31.4 Å². The molecule has 1 aliphatic rings. The highest BCUT2D eigenvalue weighted by atomic mass is 35.5. The number of benzene rings is 3. The summed E-state index contributed by atoms with van der Waals surface area (Å²) in [6.07, 6.45) is 7.67. The number of likely N-dealkylation sites (N-methyl/N-ethyl adjacent to an activating group) is 1. The van der Waals surface area contributed by atoms with Crippen molar-refractivity contribution in [1.29, 1.82) is 0 Å². The summed E-state index contributed by atoms with van der Waals surface area (Å²) < 4.78 is 39.1. The molecule has 9 heteroatoms. The average molecular weight is 575 g/mol. The van der Waals surface area contributed by atoms with Gasteiger partial charge in [0.25, 0.3) is 0 Å². The summed E-state index contributed by atoms with van der Waals surface area (Å²) in [6, 6.07) is 16.7. The maximum atomic E-state index is 14.1. The Morgan fingerprint density at radius 1 is 1.03 bits per heavy atom. The first kappa shape index (κ1) is 29.4. The van der Waals surface area contributed by atoms with E-state index in [-0.39, 0.29) is 6.04 Å². The number of halogens is 2. The van der Waals surface area contributed by atoms with Gasteiger partial charge in [-0.05, 0) is 48.4 Å². The van der Waals surface area contributed by atoms with E-state index in [0.717, 1.165) is 37.4 Å². The second-order valence-corrected chi connectivity index (χ2v) is 12.5. The highest BCUT2D eigenvalue weighted by Crippen LogP contribution is 2.60. The number of rotatable bonds is 10. The number of anilines is 2. The van der Waals surface area contributed by atoms with Gasteiger partial charge in [-0.25, -0.2) is 13.5 Å². The van der Waals surface area contributed by atoms with E-state index >= 15 is 0 Å². The minimum atomic E-state index is -3.44. The largest absolute Gasteiger partial charge is 0.478 e. The van der Waals surface area contributed by atoms with Crippen molar-refractivity contribution < 1.29 is 23.4 Å². The number of aromatic carboxylic acids is 1. The molecule has 39 heavy (non-hydrogen) atoms. The summed E-state index contributed by atoms with van der Waals surface area (Å²) in [4.78, 5) is 13.9. The molecular weight excluding hydrogens is 539 g/mol. The molecule has 1 atom stereocenters. The fourth-order valence-corrected chi connectivity index (χ4v) is 7.01. The number of fused-ring (bicyclic) bond motifs is 1. The van der Waals surface area contributed by atoms with Gasteiger partial charge in [0.2, 0.25) is 0 Å². The van der Waals surface area contributed by atoms with Crippen LogP contribution in [0.4, 0.5) is 15.8 Å². The van der Waals surface area contributed by atoms with E-state index in [1.54, 1.807) is 23.5 Å². The maximum Gasteiger partial charge on any atom is 0.338 e. The molecule has 1 unspecified atom stereocenters. The molecule has 4 rings (SSSR count).